The minimum absolute atomic E-state index is 0.0492. The van der Waals surface area contributed by atoms with Crippen molar-refractivity contribution >= 4 is 28.6 Å². The number of amides is 1. The summed E-state index contributed by atoms with van der Waals surface area (Å²) in [5, 5.41) is 4.93. The lowest BCUT2D eigenvalue weighted by molar-refractivity contribution is -0.118. The molecule has 1 fully saturated rings. The van der Waals surface area contributed by atoms with Crippen LogP contribution in [-0.2, 0) is 4.79 Å². The molecule has 1 aliphatic carbocycles. The van der Waals surface area contributed by atoms with Crippen LogP contribution in [0.4, 0.5) is 15.8 Å². The van der Waals surface area contributed by atoms with Crippen molar-refractivity contribution in [1.82, 2.24) is 4.57 Å². The van der Waals surface area contributed by atoms with E-state index in [1.165, 1.54) is 12.1 Å². The maximum atomic E-state index is 13.1. The number of carbonyl (C=O) groups excluding carboxylic acids is 1. The van der Waals surface area contributed by atoms with E-state index in [0.717, 1.165) is 34.6 Å². The summed E-state index contributed by atoms with van der Waals surface area (Å²) in [5.74, 6) is 0.268. The number of hydrogen-bond acceptors (Lipinski definition) is 4. The van der Waals surface area contributed by atoms with E-state index in [4.69, 9.17) is 9.73 Å². The summed E-state index contributed by atoms with van der Waals surface area (Å²) >= 11 is 1.56. The zero-order chi connectivity index (χ0) is 18.4. The van der Waals surface area contributed by atoms with E-state index in [2.05, 4.69) is 15.3 Å². The van der Waals surface area contributed by atoms with Gasteiger partial charge in [-0.3, -0.25) is 4.79 Å². The highest BCUT2D eigenvalue weighted by Crippen LogP contribution is 2.40. The Morgan fingerprint density at radius 2 is 2.00 bits per heavy atom. The quantitative estimate of drug-likeness (QED) is 0.737. The molecule has 1 aliphatic heterocycles. The standard InChI is InChI=1S/C20H16FN3O2S/c21-13-2-4-14(5-3-13)22-20-24(15-6-7-15)17(11-27-20)12-1-8-18-16(9-12)23-19(25)10-26-18/h1-5,8-9,11,15H,6-7,10H2,(H,23,25). The van der Waals surface area contributed by atoms with Crippen molar-refractivity contribution in [2.24, 2.45) is 4.99 Å². The van der Waals surface area contributed by atoms with Gasteiger partial charge >= 0.3 is 0 Å². The number of carbonyl (C=O) groups is 1. The Labute approximate surface area is 158 Å². The number of anilines is 1. The van der Waals surface area contributed by atoms with Gasteiger partial charge in [0.1, 0.15) is 11.6 Å². The van der Waals surface area contributed by atoms with Crippen molar-refractivity contribution < 1.29 is 13.9 Å². The number of hydrogen-bond donors (Lipinski definition) is 1. The minimum atomic E-state index is -0.269. The van der Waals surface area contributed by atoms with Crippen molar-refractivity contribution in [3.05, 3.63) is 58.5 Å². The van der Waals surface area contributed by atoms with Gasteiger partial charge < -0.3 is 14.6 Å². The number of thiazole rings is 1. The predicted molar refractivity (Wildman–Crippen MR) is 102 cm³/mol. The average Bonchev–Trinajstić information content (AvgIpc) is 3.43. The third kappa shape index (κ3) is 3.14. The molecule has 2 heterocycles. The molecular formula is C20H16FN3O2S. The van der Waals surface area contributed by atoms with Crippen molar-refractivity contribution in [1.29, 1.82) is 0 Å². The van der Waals surface area contributed by atoms with Gasteiger partial charge in [-0.05, 0) is 55.3 Å². The SMILES string of the molecule is O=C1COc2ccc(-c3csc(=Nc4ccc(F)cc4)n3C3CC3)cc2N1. The molecule has 1 N–H and O–H groups in total. The van der Waals surface area contributed by atoms with Crippen molar-refractivity contribution in [2.75, 3.05) is 11.9 Å². The van der Waals surface area contributed by atoms with Crippen LogP contribution in [0.15, 0.2) is 52.8 Å². The van der Waals surface area contributed by atoms with Gasteiger partial charge in [-0.1, -0.05) is 0 Å². The number of fused-ring (bicyclic) bond motifs is 1. The lowest BCUT2D eigenvalue weighted by Crippen LogP contribution is -2.25. The van der Waals surface area contributed by atoms with Crippen molar-refractivity contribution in [2.45, 2.75) is 18.9 Å². The normalized spacial score (nSPS) is 16.6. The molecule has 5 nitrogen and oxygen atoms in total. The van der Waals surface area contributed by atoms with Gasteiger partial charge in [0.25, 0.3) is 5.91 Å². The number of nitrogens with one attached hydrogen (secondary N) is 1. The van der Waals surface area contributed by atoms with Gasteiger partial charge in [-0.15, -0.1) is 11.3 Å². The van der Waals surface area contributed by atoms with Crippen LogP contribution in [-0.4, -0.2) is 17.1 Å². The summed E-state index contributed by atoms with van der Waals surface area (Å²) in [5.41, 5.74) is 3.48. The van der Waals surface area contributed by atoms with Crippen molar-refractivity contribution in [3.63, 3.8) is 0 Å². The molecule has 0 spiro atoms. The summed E-state index contributed by atoms with van der Waals surface area (Å²) < 4.78 is 20.8. The summed E-state index contributed by atoms with van der Waals surface area (Å²) in [6.07, 6.45) is 2.23. The van der Waals surface area contributed by atoms with Crippen molar-refractivity contribution in [3.8, 4) is 17.0 Å². The molecule has 0 atom stereocenters. The Balaban J connectivity index is 1.60. The topological polar surface area (TPSA) is 55.6 Å². The fraction of sp³-hybridized carbons (Fsp3) is 0.200. The van der Waals surface area contributed by atoms with Gasteiger partial charge in [0.05, 0.1) is 17.1 Å². The summed E-state index contributed by atoms with van der Waals surface area (Å²) in [6.45, 7) is 0.0492. The van der Waals surface area contributed by atoms with Gasteiger partial charge in [-0.25, -0.2) is 9.38 Å². The Morgan fingerprint density at radius 1 is 1.19 bits per heavy atom. The highest BCUT2D eigenvalue weighted by atomic mass is 32.1. The first kappa shape index (κ1) is 16.3. The largest absolute Gasteiger partial charge is 0.482 e. The molecule has 3 aromatic rings. The number of halogens is 1. The number of ether oxygens (including phenoxy) is 1. The van der Waals surface area contributed by atoms with Gasteiger partial charge in [0.15, 0.2) is 11.4 Å². The molecule has 2 aromatic carbocycles. The molecule has 1 saturated carbocycles. The number of rotatable bonds is 3. The molecule has 5 rings (SSSR count). The van der Waals surface area contributed by atoms with Crippen LogP contribution in [0.3, 0.4) is 0 Å². The van der Waals surface area contributed by atoms with E-state index in [1.807, 2.05) is 18.2 Å². The first-order valence-corrected chi connectivity index (χ1v) is 9.63. The maximum Gasteiger partial charge on any atom is 0.262 e. The number of aromatic nitrogens is 1. The molecule has 0 radical (unpaired) electrons. The van der Waals surface area contributed by atoms with Gasteiger partial charge in [0.2, 0.25) is 0 Å². The van der Waals surface area contributed by atoms with Crippen LogP contribution in [0.1, 0.15) is 18.9 Å². The van der Waals surface area contributed by atoms with Crippen LogP contribution < -0.4 is 14.9 Å². The zero-order valence-corrected chi connectivity index (χ0v) is 15.1. The van der Waals surface area contributed by atoms with Crippen LogP contribution in [0, 0.1) is 5.82 Å². The maximum absolute atomic E-state index is 13.1. The van der Waals surface area contributed by atoms with E-state index in [1.54, 1.807) is 23.5 Å². The Kier molecular flexibility index (Phi) is 3.82. The minimum Gasteiger partial charge on any atom is -0.482 e. The molecule has 0 unspecified atom stereocenters. The number of nitrogens with zero attached hydrogens (tertiary/aromatic N) is 2. The van der Waals surface area contributed by atoms with E-state index in [-0.39, 0.29) is 18.3 Å². The van der Waals surface area contributed by atoms with E-state index in [0.29, 0.717) is 17.5 Å². The average molecular weight is 381 g/mol. The highest BCUT2D eigenvalue weighted by molar-refractivity contribution is 7.07. The molecule has 136 valence electrons. The molecule has 0 saturated heterocycles. The Hall–Kier alpha value is -2.93. The Bertz CT molecular complexity index is 1100. The molecule has 1 amide bonds. The summed E-state index contributed by atoms with van der Waals surface area (Å²) in [6, 6.07) is 12.4. The monoisotopic (exact) mass is 381 g/mol. The number of benzene rings is 2. The fourth-order valence-corrected chi connectivity index (χ4v) is 4.15. The predicted octanol–water partition coefficient (Wildman–Crippen LogP) is 4.25. The molecule has 2 aliphatic rings. The van der Waals surface area contributed by atoms with E-state index >= 15 is 0 Å². The van der Waals surface area contributed by atoms with Gasteiger partial charge in [0, 0.05) is 17.0 Å². The lowest BCUT2D eigenvalue weighted by atomic mass is 10.1. The first-order valence-electron chi connectivity index (χ1n) is 8.75. The van der Waals surface area contributed by atoms with Crippen LogP contribution >= 0.6 is 11.3 Å². The van der Waals surface area contributed by atoms with Crippen LogP contribution in [0.5, 0.6) is 5.75 Å². The first-order chi connectivity index (χ1) is 13.2. The third-order valence-corrected chi connectivity index (χ3v) is 5.45. The molecule has 0 bridgehead atoms. The molecule has 1 aromatic heterocycles. The second-order valence-corrected chi connectivity index (χ2v) is 7.48. The Morgan fingerprint density at radius 3 is 2.78 bits per heavy atom. The molecule has 27 heavy (non-hydrogen) atoms. The lowest BCUT2D eigenvalue weighted by Gasteiger charge is -2.19. The second kappa shape index (κ2) is 6.35. The molecule has 7 heteroatoms. The molecular weight excluding hydrogens is 365 g/mol. The summed E-state index contributed by atoms with van der Waals surface area (Å²) in [4.78, 5) is 17.2. The fourth-order valence-electron chi connectivity index (χ4n) is 3.17. The third-order valence-electron chi connectivity index (χ3n) is 4.61. The van der Waals surface area contributed by atoms with Gasteiger partial charge in [-0.2, -0.15) is 0 Å². The second-order valence-electron chi connectivity index (χ2n) is 6.64. The zero-order valence-electron chi connectivity index (χ0n) is 14.3. The smallest absolute Gasteiger partial charge is 0.262 e. The summed E-state index contributed by atoms with van der Waals surface area (Å²) in [7, 11) is 0. The van der Waals surface area contributed by atoms with Crippen LogP contribution in [0.2, 0.25) is 0 Å². The van der Waals surface area contributed by atoms with E-state index in [9.17, 15) is 9.18 Å². The van der Waals surface area contributed by atoms with Crippen LogP contribution in [0.25, 0.3) is 11.3 Å². The highest BCUT2D eigenvalue weighted by Gasteiger charge is 2.28. The van der Waals surface area contributed by atoms with E-state index < -0.39 is 0 Å².